The molecule has 1 aromatic carbocycles. The second kappa shape index (κ2) is 6.52. The Kier molecular flexibility index (Phi) is 4.74. The normalized spacial score (nSPS) is 21.6. The molecule has 5 nitrogen and oxygen atoms in total. The summed E-state index contributed by atoms with van der Waals surface area (Å²) in [6.07, 6.45) is 1.94. The van der Waals surface area contributed by atoms with Crippen LogP contribution in [0.4, 0.5) is 0 Å². The first-order valence-corrected chi connectivity index (χ1v) is 6.79. The fraction of sp³-hybridized carbons (Fsp3) is 0.467. The maximum absolute atomic E-state index is 11.8. The summed E-state index contributed by atoms with van der Waals surface area (Å²) in [5.41, 5.74) is 1.22. The fourth-order valence-corrected chi connectivity index (χ4v) is 2.27. The molecule has 1 aliphatic rings. The van der Waals surface area contributed by atoms with E-state index in [2.05, 4.69) is 5.32 Å². The predicted molar refractivity (Wildman–Crippen MR) is 73.7 cm³/mol. The van der Waals surface area contributed by atoms with Crippen LogP contribution in [0.1, 0.15) is 35.7 Å². The maximum atomic E-state index is 11.8. The Bertz CT molecular complexity index is 483. The van der Waals surface area contributed by atoms with Crippen molar-refractivity contribution in [1.29, 1.82) is 0 Å². The van der Waals surface area contributed by atoms with Crippen LogP contribution in [0, 0.1) is 0 Å². The number of aromatic carboxylic acids is 1. The smallest absolute Gasteiger partial charge is 0.335 e. The highest BCUT2D eigenvalue weighted by molar-refractivity contribution is 5.87. The molecule has 2 unspecified atom stereocenters. The van der Waals surface area contributed by atoms with Gasteiger partial charge in [-0.1, -0.05) is 12.1 Å². The summed E-state index contributed by atoms with van der Waals surface area (Å²) in [5, 5.41) is 11.8. The van der Waals surface area contributed by atoms with Gasteiger partial charge in [-0.15, -0.1) is 0 Å². The van der Waals surface area contributed by atoms with Gasteiger partial charge in [-0.05, 0) is 37.5 Å². The van der Waals surface area contributed by atoms with Crippen LogP contribution in [0.3, 0.4) is 0 Å². The number of aryl methyl sites for hydroxylation is 1. The standard InChI is InChI=1S/C15H19NO4/c1-10-13(8-9-20-10)16-14(17)7-4-11-2-5-12(6-3-11)15(18)19/h2-3,5-6,10,13H,4,7-9H2,1H3,(H,16,17)(H,18,19). The van der Waals surface area contributed by atoms with Gasteiger partial charge in [0.1, 0.15) is 0 Å². The van der Waals surface area contributed by atoms with E-state index in [-0.39, 0.29) is 23.6 Å². The Balaban J connectivity index is 1.79. The second-order valence-electron chi connectivity index (χ2n) is 5.04. The van der Waals surface area contributed by atoms with E-state index in [0.717, 1.165) is 12.0 Å². The number of carboxylic acids is 1. The molecule has 0 bridgehead atoms. The van der Waals surface area contributed by atoms with E-state index in [1.165, 1.54) is 0 Å². The fourth-order valence-electron chi connectivity index (χ4n) is 2.27. The minimum absolute atomic E-state index is 0.00895. The molecule has 0 radical (unpaired) electrons. The Labute approximate surface area is 117 Å². The van der Waals surface area contributed by atoms with Crippen LogP contribution >= 0.6 is 0 Å². The van der Waals surface area contributed by atoms with Gasteiger partial charge in [0.05, 0.1) is 17.7 Å². The summed E-state index contributed by atoms with van der Waals surface area (Å²) < 4.78 is 5.39. The van der Waals surface area contributed by atoms with Gasteiger partial charge in [-0.3, -0.25) is 4.79 Å². The lowest BCUT2D eigenvalue weighted by atomic mass is 10.1. The molecule has 2 atom stereocenters. The molecular formula is C15H19NO4. The number of benzene rings is 1. The van der Waals surface area contributed by atoms with E-state index >= 15 is 0 Å². The van der Waals surface area contributed by atoms with Crippen LogP contribution in [0.2, 0.25) is 0 Å². The predicted octanol–water partition coefficient (Wildman–Crippen LogP) is 1.61. The molecule has 0 aliphatic carbocycles. The lowest BCUT2D eigenvalue weighted by Gasteiger charge is -2.15. The van der Waals surface area contributed by atoms with E-state index in [9.17, 15) is 9.59 Å². The van der Waals surface area contributed by atoms with Crippen molar-refractivity contribution in [2.24, 2.45) is 0 Å². The molecule has 20 heavy (non-hydrogen) atoms. The molecule has 0 saturated carbocycles. The number of amides is 1. The number of rotatable bonds is 5. The Morgan fingerprint density at radius 1 is 1.35 bits per heavy atom. The van der Waals surface area contributed by atoms with Crippen molar-refractivity contribution < 1.29 is 19.4 Å². The van der Waals surface area contributed by atoms with Crippen molar-refractivity contribution in [2.75, 3.05) is 6.61 Å². The Morgan fingerprint density at radius 3 is 2.60 bits per heavy atom. The molecule has 1 aliphatic heterocycles. The summed E-state index contributed by atoms with van der Waals surface area (Å²) in [7, 11) is 0. The third-order valence-corrected chi connectivity index (χ3v) is 3.56. The first kappa shape index (κ1) is 14.5. The van der Waals surface area contributed by atoms with Crippen LogP contribution < -0.4 is 5.32 Å². The van der Waals surface area contributed by atoms with E-state index in [4.69, 9.17) is 9.84 Å². The molecule has 1 fully saturated rings. The van der Waals surface area contributed by atoms with E-state index < -0.39 is 5.97 Å². The average Bonchev–Trinajstić information content (AvgIpc) is 2.82. The van der Waals surface area contributed by atoms with Gasteiger partial charge in [0.15, 0.2) is 0 Å². The highest BCUT2D eigenvalue weighted by Gasteiger charge is 2.25. The monoisotopic (exact) mass is 277 g/mol. The van der Waals surface area contributed by atoms with Crippen molar-refractivity contribution in [3.63, 3.8) is 0 Å². The highest BCUT2D eigenvalue weighted by atomic mass is 16.5. The van der Waals surface area contributed by atoms with Gasteiger partial charge < -0.3 is 15.2 Å². The average molecular weight is 277 g/mol. The molecule has 1 aromatic rings. The van der Waals surface area contributed by atoms with Crippen molar-refractivity contribution in [3.8, 4) is 0 Å². The topological polar surface area (TPSA) is 75.6 Å². The molecule has 2 rings (SSSR count). The number of hydrogen-bond acceptors (Lipinski definition) is 3. The van der Waals surface area contributed by atoms with Gasteiger partial charge >= 0.3 is 5.97 Å². The zero-order chi connectivity index (χ0) is 14.5. The minimum atomic E-state index is -0.940. The molecule has 0 spiro atoms. The van der Waals surface area contributed by atoms with Gasteiger partial charge in [0.25, 0.3) is 0 Å². The van der Waals surface area contributed by atoms with E-state index in [1.807, 2.05) is 6.92 Å². The van der Waals surface area contributed by atoms with Crippen LogP contribution in [0.15, 0.2) is 24.3 Å². The molecule has 5 heteroatoms. The van der Waals surface area contributed by atoms with Gasteiger partial charge in [0.2, 0.25) is 5.91 Å². The van der Waals surface area contributed by atoms with E-state index in [1.54, 1.807) is 24.3 Å². The zero-order valence-electron chi connectivity index (χ0n) is 11.5. The van der Waals surface area contributed by atoms with Crippen LogP contribution in [0.25, 0.3) is 0 Å². The molecule has 108 valence electrons. The van der Waals surface area contributed by atoms with Gasteiger partial charge in [-0.25, -0.2) is 4.79 Å². The van der Waals surface area contributed by atoms with Crippen LogP contribution in [-0.2, 0) is 16.0 Å². The van der Waals surface area contributed by atoms with E-state index in [0.29, 0.717) is 19.4 Å². The summed E-state index contributed by atoms with van der Waals surface area (Å²) in [5.74, 6) is -0.931. The number of carbonyl (C=O) groups is 2. The first-order chi connectivity index (χ1) is 9.56. The molecule has 1 amide bonds. The van der Waals surface area contributed by atoms with Crippen molar-refractivity contribution in [3.05, 3.63) is 35.4 Å². The summed E-state index contributed by atoms with van der Waals surface area (Å²) in [4.78, 5) is 22.6. The SMILES string of the molecule is CC1OCCC1NC(=O)CCc1ccc(C(=O)O)cc1. The van der Waals surface area contributed by atoms with Crippen molar-refractivity contribution in [2.45, 2.75) is 38.3 Å². The Morgan fingerprint density at radius 2 is 2.05 bits per heavy atom. The van der Waals surface area contributed by atoms with Crippen molar-refractivity contribution >= 4 is 11.9 Å². The van der Waals surface area contributed by atoms with Crippen LogP contribution in [0.5, 0.6) is 0 Å². The summed E-state index contributed by atoms with van der Waals surface area (Å²) >= 11 is 0. The summed E-state index contributed by atoms with van der Waals surface area (Å²) in [6, 6.07) is 6.72. The third-order valence-electron chi connectivity index (χ3n) is 3.56. The Hall–Kier alpha value is -1.88. The second-order valence-corrected chi connectivity index (χ2v) is 5.04. The zero-order valence-corrected chi connectivity index (χ0v) is 11.5. The van der Waals surface area contributed by atoms with Gasteiger partial charge in [0, 0.05) is 13.0 Å². The van der Waals surface area contributed by atoms with Crippen molar-refractivity contribution in [1.82, 2.24) is 5.32 Å². The lowest BCUT2D eigenvalue weighted by Crippen LogP contribution is -2.39. The highest BCUT2D eigenvalue weighted by Crippen LogP contribution is 2.13. The number of carboxylic acid groups (broad SMARTS) is 1. The number of carbonyl (C=O) groups excluding carboxylic acids is 1. The molecule has 2 N–H and O–H groups in total. The molecule has 0 aromatic heterocycles. The number of nitrogens with one attached hydrogen (secondary N) is 1. The third kappa shape index (κ3) is 3.81. The number of hydrogen-bond donors (Lipinski definition) is 2. The number of ether oxygens (including phenoxy) is 1. The van der Waals surface area contributed by atoms with Crippen LogP contribution in [-0.4, -0.2) is 35.7 Å². The largest absolute Gasteiger partial charge is 0.478 e. The molecule has 1 saturated heterocycles. The lowest BCUT2D eigenvalue weighted by molar-refractivity contribution is -0.122. The maximum Gasteiger partial charge on any atom is 0.335 e. The molecule has 1 heterocycles. The quantitative estimate of drug-likeness (QED) is 0.857. The molecular weight excluding hydrogens is 258 g/mol. The first-order valence-electron chi connectivity index (χ1n) is 6.79. The van der Waals surface area contributed by atoms with Gasteiger partial charge in [-0.2, -0.15) is 0 Å². The summed E-state index contributed by atoms with van der Waals surface area (Å²) in [6.45, 7) is 2.66. The minimum Gasteiger partial charge on any atom is -0.478 e.